The molecular weight excluding hydrogens is 390 g/mol. The lowest BCUT2D eigenvalue weighted by Gasteiger charge is -2.37. The number of benzene rings is 2. The Morgan fingerprint density at radius 3 is 2.50 bits per heavy atom. The molecule has 4 nitrogen and oxygen atoms in total. The molecule has 1 N–H and O–H groups in total. The summed E-state index contributed by atoms with van der Waals surface area (Å²) < 4.78 is 3.26. The molecule has 5 heteroatoms. The average Bonchev–Trinajstić information content (AvgIpc) is 3.12. The Kier molecular flexibility index (Phi) is 4.55. The van der Waals surface area contributed by atoms with Gasteiger partial charge >= 0.3 is 6.03 Å². The number of fused-ring (bicyclic) bond motifs is 1. The molecular formula is C21H20BrN3O. The molecule has 0 spiro atoms. The van der Waals surface area contributed by atoms with Gasteiger partial charge in [-0.05, 0) is 48.9 Å². The van der Waals surface area contributed by atoms with Gasteiger partial charge in [0.15, 0.2) is 0 Å². The minimum Gasteiger partial charge on any atom is -0.348 e. The van der Waals surface area contributed by atoms with Crippen molar-refractivity contribution >= 4 is 27.6 Å². The molecule has 4 rings (SSSR count). The quantitative estimate of drug-likeness (QED) is 0.620. The summed E-state index contributed by atoms with van der Waals surface area (Å²) in [6.07, 6.45) is 2.08. The van der Waals surface area contributed by atoms with Gasteiger partial charge in [0.25, 0.3) is 0 Å². The lowest BCUT2D eigenvalue weighted by atomic mass is 10.0. The van der Waals surface area contributed by atoms with Crippen molar-refractivity contribution in [3.63, 3.8) is 0 Å². The Hall–Kier alpha value is -2.53. The molecule has 1 aliphatic heterocycles. The number of nitrogens with one attached hydrogen (secondary N) is 1. The largest absolute Gasteiger partial charge is 0.348 e. The number of amides is 2. The number of rotatable bonds is 2. The molecule has 2 amide bonds. The number of aromatic nitrogens is 1. The van der Waals surface area contributed by atoms with E-state index >= 15 is 0 Å². The van der Waals surface area contributed by atoms with Crippen LogP contribution in [0.25, 0.3) is 0 Å². The maximum absolute atomic E-state index is 13.0. The third kappa shape index (κ3) is 3.27. The monoisotopic (exact) mass is 409 g/mol. The van der Waals surface area contributed by atoms with E-state index in [1.807, 2.05) is 54.3 Å². The highest BCUT2D eigenvalue weighted by Crippen LogP contribution is 2.33. The fraction of sp³-hybridized carbons (Fsp3) is 0.190. The van der Waals surface area contributed by atoms with Crippen molar-refractivity contribution in [1.29, 1.82) is 0 Å². The van der Waals surface area contributed by atoms with E-state index in [0.717, 1.165) is 28.0 Å². The molecule has 0 saturated carbocycles. The number of urea groups is 1. The van der Waals surface area contributed by atoms with Gasteiger partial charge in [-0.1, -0.05) is 45.8 Å². The van der Waals surface area contributed by atoms with E-state index in [2.05, 4.69) is 50.2 Å². The predicted molar refractivity (Wildman–Crippen MR) is 107 cm³/mol. The fourth-order valence-corrected chi connectivity index (χ4v) is 3.69. The molecule has 0 fully saturated rings. The van der Waals surface area contributed by atoms with Gasteiger partial charge in [-0.3, -0.25) is 0 Å². The van der Waals surface area contributed by atoms with Crippen LogP contribution in [0.1, 0.15) is 22.9 Å². The molecule has 0 bridgehead atoms. The van der Waals surface area contributed by atoms with E-state index in [9.17, 15) is 4.79 Å². The van der Waals surface area contributed by atoms with E-state index in [1.165, 1.54) is 5.56 Å². The second-order valence-corrected chi connectivity index (χ2v) is 7.49. The zero-order chi connectivity index (χ0) is 18.1. The highest BCUT2D eigenvalue weighted by atomic mass is 79.9. The van der Waals surface area contributed by atoms with Crippen LogP contribution in [0.5, 0.6) is 0 Å². The van der Waals surface area contributed by atoms with E-state index in [1.54, 1.807) is 0 Å². The Bertz CT molecular complexity index is 915. The normalized spacial score (nSPS) is 16.2. The molecule has 2 heterocycles. The number of nitrogens with zero attached hydrogens (tertiary/aromatic N) is 2. The smallest absolute Gasteiger partial charge is 0.322 e. The molecule has 132 valence electrons. The van der Waals surface area contributed by atoms with Gasteiger partial charge in [0, 0.05) is 35.1 Å². The minimum absolute atomic E-state index is 0.0748. The van der Waals surface area contributed by atoms with Gasteiger partial charge in [0.2, 0.25) is 0 Å². The number of carbonyl (C=O) groups is 1. The van der Waals surface area contributed by atoms with E-state index in [-0.39, 0.29) is 12.1 Å². The Balaban J connectivity index is 1.66. The van der Waals surface area contributed by atoms with Gasteiger partial charge in [-0.2, -0.15) is 0 Å². The molecule has 0 saturated heterocycles. The second kappa shape index (κ2) is 7.00. The first kappa shape index (κ1) is 16.9. The number of carbonyl (C=O) groups excluding carboxylic acids is 1. The Labute approximate surface area is 161 Å². The first-order valence-electron chi connectivity index (χ1n) is 8.66. The summed E-state index contributed by atoms with van der Waals surface area (Å²) in [6.45, 7) is 3.50. The van der Waals surface area contributed by atoms with Gasteiger partial charge in [0.05, 0.1) is 6.04 Å². The first-order chi connectivity index (χ1) is 12.6. The maximum Gasteiger partial charge on any atom is 0.322 e. The van der Waals surface area contributed by atoms with Crippen LogP contribution in [0.15, 0.2) is 71.3 Å². The van der Waals surface area contributed by atoms with Crippen LogP contribution in [-0.2, 0) is 6.54 Å². The van der Waals surface area contributed by atoms with Crippen LogP contribution in [0.2, 0.25) is 0 Å². The number of hydrogen-bond donors (Lipinski definition) is 1. The summed E-state index contributed by atoms with van der Waals surface area (Å²) in [4.78, 5) is 14.9. The predicted octanol–water partition coefficient (Wildman–Crippen LogP) is 5.20. The summed E-state index contributed by atoms with van der Waals surface area (Å²) in [5, 5.41) is 3.04. The standard InChI is InChI=1S/C21H20BrN3O/c1-15-4-10-18(11-5-15)23-21(26)25-14-13-24-12-2-3-19(24)20(25)16-6-8-17(22)9-7-16/h2-12,20H,13-14H2,1H3,(H,23,26)/t20-/m0/s1. The molecule has 0 aliphatic carbocycles. The minimum atomic E-state index is -0.0997. The SMILES string of the molecule is Cc1ccc(NC(=O)N2CCn3cccc3[C@@H]2c2ccc(Br)cc2)cc1. The van der Waals surface area contributed by atoms with Crippen molar-refractivity contribution in [2.45, 2.75) is 19.5 Å². The van der Waals surface area contributed by atoms with Crippen LogP contribution in [-0.4, -0.2) is 22.0 Å². The number of aryl methyl sites for hydroxylation is 1. The average molecular weight is 410 g/mol. The zero-order valence-electron chi connectivity index (χ0n) is 14.5. The van der Waals surface area contributed by atoms with Crippen LogP contribution in [0.3, 0.4) is 0 Å². The van der Waals surface area contributed by atoms with Crippen molar-refractivity contribution in [2.24, 2.45) is 0 Å². The second-order valence-electron chi connectivity index (χ2n) is 6.57. The van der Waals surface area contributed by atoms with Crippen molar-refractivity contribution in [3.8, 4) is 0 Å². The Morgan fingerprint density at radius 1 is 1.04 bits per heavy atom. The molecule has 26 heavy (non-hydrogen) atoms. The van der Waals surface area contributed by atoms with Crippen molar-refractivity contribution in [2.75, 3.05) is 11.9 Å². The summed E-state index contributed by atoms with van der Waals surface area (Å²) in [6, 6.07) is 20.0. The van der Waals surface area contributed by atoms with Crippen LogP contribution >= 0.6 is 15.9 Å². The van der Waals surface area contributed by atoms with Gasteiger partial charge in [-0.25, -0.2) is 4.79 Å². The molecule has 1 aliphatic rings. The van der Waals surface area contributed by atoms with E-state index in [4.69, 9.17) is 0 Å². The molecule has 1 aromatic heterocycles. The summed E-state index contributed by atoms with van der Waals surface area (Å²) in [5.74, 6) is 0. The Morgan fingerprint density at radius 2 is 1.77 bits per heavy atom. The maximum atomic E-state index is 13.0. The van der Waals surface area contributed by atoms with Crippen LogP contribution < -0.4 is 5.32 Å². The molecule has 0 unspecified atom stereocenters. The van der Waals surface area contributed by atoms with Crippen molar-refractivity contribution in [3.05, 3.63) is 88.2 Å². The third-order valence-corrected chi connectivity index (χ3v) is 5.32. The van der Waals surface area contributed by atoms with E-state index in [0.29, 0.717) is 6.54 Å². The van der Waals surface area contributed by atoms with Gasteiger partial charge < -0.3 is 14.8 Å². The molecule has 3 aromatic rings. The lowest BCUT2D eigenvalue weighted by Crippen LogP contribution is -2.44. The van der Waals surface area contributed by atoms with Crippen molar-refractivity contribution in [1.82, 2.24) is 9.47 Å². The highest BCUT2D eigenvalue weighted by Gasteiger charge is 2.32. The number of halogens is 1. The topological polar surface area (TPSA) is 37.3 Å². The van der Waals surface area contributed by atoms with Crippen LogP contribution in [0.4, 0.5) is 10.5 Å². The third-order valence-electron chi connectivity index (χ3n) is 4.79. The highest BCUT2D eigenvalue weighted by molar-refractivity contribution is 9.10. The van der Waals surface area contributed by atoms with Gasteiger partial charge in [0.1, 0.15) is 0 Å². The zero-order valence-corrected chi connectivity index (χ0v) is 16.1. The molecule has 1 atom stereocenters. The molecule has 0 radical (unpaired) electrons. The summed E-state index contributed by atoms with van der Waals surface area (Å²) >= 11 is 3.49. The van der Waals surface area contributed by atoms with Gasteiger partial charge in [-0.15, -0.1) is 0 Å². The number of hydrogen-bond acceptors (Lipinski definition) is 1. The lowest BCUT2D eigenvalue weighted by molar-refractivity contribution is 0.182. The van der Waals surface area contributed by atoms with E-state index < -0.39 is 0 Å². The number of anilines is 1. The van der Waals surface area contributed by atoms with Crippen molar-refractivity contribution < 1.29 is 4.79 Å². The van der Waals surface area contributed by atoms with Crippen LogP contribution in [0, 0.1) is 6.92 Å². The fourth-order valence-electron chi connectivity index (χ4n) is 3.43. The summed E-state index contributed by atoms with van der Waals surface area (Å²) in [7, 11) is 0. The first-order valence-corrected chi connectivity index (χ1v) is 9.46. The summed E-state index contributed by atoms with van der Waals surface area (Å²) in [5.41, 5.74) is 4.23. The molecule has 2 aromatic carbocycles.